The molecule has 0 heterocycles. The maximum absolute atomic E-state index is 11.7. The minimum atomic E-state index is -0.911. The highest BCUT2D eigenvalue weighted by Crippen LogP contribution is 2.13. The second-order valence-corrected chi connectivity index (χ2v) is 5.03. The molecule has 0 aromatic rings. The maximum atomic E-state index is 11.7. The average Bonchev–Trinajstić information content (AvgIpc) is 2.30. The van der Waals surface area contributed by atoms with Crippen molar-refractivity contribution in [3.8, 4) is 0 Å². The van der Waals surface area contributed by atoms with Crippen molar-refractivity contribution in [2.24, 2.45) is 5.41 Å². The molecule has 6 nitrogen and oxygen atoms in total. The van der Waals surface area contributed by atoms with E-state index >= 15 is 0 Å². The lowest BCUT2D eigenvalue weighted by Gasteiger charge is -2.26. The second-order valence-electron chi connectivity index (χ2n) is 5.03. The van der Waals surface area contributed by atoms with Crippen molar-refractivity contribution in [2.45, 2.75) is 27.2 Å². The van der Waals surface area contributed by atoms with Gasteiger partial charge in [0.15, 0.2) is 0 Å². The summed E-state index contributed by atoms with van der Waals surface area (Å²) in [5, 5.41) is 11.3. The van der Waals surface area contributed by atoms with Gasteiger partial charge in [-0.3, -0.25) is 4.79 Å². The van der Waals surface area contributed by atoms with E-state index in [4.69, 9.17) is 9.84 Å². The molecule has 0 spiro atoms. The smallest absolute Gasteiger partial charge is 0.317 e. The highest BCUT2D eigenvalue weighted by atomic mass is 16.5. The van der Waals surface area contributed by atoms with Gasteiger partial charge >= 0.3 is 12.0 Å². The van der Waals surface area contributed by atoms with Gasteiger partial charge in [-0.1, -0.05) is 13.8 Å². The molecule has 0 aromatic heterocycles. The van der Waals surface area contributed by atoms with Crippen molar-refractivity contribution in [1.29, 1.82) is 0 Å². The molecule has 6 heteroatoms. The molecule has 0 aliphatic rings. The Hall–Kier alpha value is -1.30. The molecule has 0 bridgehead atoms. The first kappa shape index (κ1) is 16.7. The van der Waals surface area contributed by atoms with E-state index in [1.54, 1.807) is 7.05 Å². The Morgan fingerprint density at radius 2 is 2.00 bits per heavy atom. The Kier molecular flexibility index (Phi) is 7.35. The zero-order valence-corrected chi connectivity index (χ0v) is 11.7. The van der Waals surface area contributed by atoms with E-state index in [0.717, 1.165) is 0 Å². The largest absolute Gasteiger partial charge is 0.481 e. The Bertz CT molecular complexity index is 279. The number of rotatable bonds is 8. The van der Waals surface area contributed by atoms with Gasteiger partial charge in [-0.05, 0) is 6.92 Å². The van der Waals surface area contributed by atoms with Crippen LogP contribution in [-0.2, 0) is 9.53 Å². The third kappa shape index (κ3) is 7.89. The van der Waals surface area contributed by atoms with Crippen molar-refractivity contribution in [1.82, 2.24) is 10.2 Å². The molecule has 0 aliphatic carbocycles. The zero-order chi connectivity index (χ0) is 14.2. The van der Waals surface area contributed by atoms with Crippen LogP contribution in [0.5, 0.6) is 0 Å². The number of urea groups is 1. The normalized spacial score (nSPS) is 11.1. The molecular formula is C12H24N2O4. The number of carboxylic acid groups (broad SMARTS) is 1. The van der Waals surface area contributed by atoms with Gasteiger partial charge in [-0.2, -0.15) is 0 Å². The zero-order valence-electron chi connectivity index (χ0n) is 11.7. The highest BCUT2D eigenvalue weighted by molar-refractivity contribution is 5.75. The van der Waals surface area contributed by atoms with Crippen molar-refractivity contribution in [2.75, 3.05) is 33.4 Å². The maximum Gasteiger partial charge on any atom is 0.317 e. The number of nitrogens with one attached hydrogen (secondary N) is 1. The molecule has 0 saturated heterocycles. The van der Waals surface area contributed by atoms with Gasteiger partial charge in [0.2, 0.25) is 0 Å². The molecular weight excluding hydrogens is 236 g/mol. The summed E-state index contributed by atoms with van der Waals surface area (Å²) in [4.78, 5) is 23.4. The Morgan fingerprint density at radius 3 is 2.50 bits per heavy atom. The van der Waals surface area contributed by atoms with E-state index in [0.29, 0.717) is 19.8 Å². The predicted octanol–water partition coefficient (Wildman–Crippen LogP) is 1.17. The fourth-order valence-corrected chi connectivity index (χ4v) is 1.24. The van der Waals surface area contributed by atoms with E-state index in [2.05, 4.69) is 5.32 Å². The van der Waals surface area contributed by atoms with Crippen LogP contribution >= 0.6 is 0 Å². The van der Waals surface area contributed by atoms with Crippen LogP contribution in [0.3, 0.4) is 0 Å². The molecule has 0 fully saturated rings. The van der Waals surface area contributed by atoms with Gasteiger partial charge in [0.05, 0.1) is 13.0 Å². The van der Waals surface area contributed by atoms with E-state index in [1.165, 1.54) is 4.90 Å². The van der Waals surface area contributed by atoms with Crippen molar-refractivity contribution < 1.29 is 19.4 Å². The summed E-state index contributed by atoms with van der Waals surface area (Å²) in [6.07, 6.45) is -0.0493. The van der Waals surface area contributed by atoms with E-state index in [-0.39, 0.29) is 24.4 Å². The molecule has 0 atom stereocenters. The molecule has 0 aromatic carbocycles. The number of hydrogen-bond donors (Lipinski definition) is 2. The van der Waals surface area contributed by atoms with Crippen LogP contribution < -0.4 is 5.32 Å². The number of hydrogen-bond acceptors (Lipinski definition) is 3. The molecule has 0 saturated carbocycles. The van der Waals surface area contributed by atoms with Gasteiger partial charge in [0.25, 0.3) is 0 Å². The summed E-state index contributed by atoms with van der Waals surface area (Å²) >= 11 is 0. The van der Waals surface area contributed by atoms with Gasteiger partial charge in [-0.15, -0.1) is 0 Å². The van der Waals surface area contributed by atoms with Crippen LogP contribution in [0, 0.1) is 5.41 Å². The summed E-state index contributed by atoms with van der Waals surface area (Å²) in [5.41, 5.74) is -0.140. The minimum absolute atomic E-state index is 0.0493. The Balaban J connectivity index is 3.97. The average molecular weight is 260 g/mol. The first-order chi connectivity index (χ1) is 8.28. The van der Waals surface area contributed by atoms with Crippen molar-refractivity contribution >= 4 is 12.0 Å². The number of ether oxygens (including phenoxy) is 1. The molecule has 2 N–H and O–H groups in total. The minimum Gasteiger partial charge on any atom is -0.481 e. The first-order valence-electron chi connectivity index (χ1n) is 6.07. The summed E-state index contributed by atoms with van der Waals surface area (Å²) in [6, 6.07) is -0.263. The molecule has 0 radical (unpaired) electrons. The van der Waals surface area contributed by atoms with Crippen LogP contribution in [0.25, 0.3) is 0 Å². The Labute approximate surface area is 108 Å². The summed E-state index contributed by atoms with van der Waals surface area (Å²) in [5.74, 6) is -0.911. The number of nitrogens with zero attached hydrogens (tertiary/aromatic N) is 1. The van der Waals surface area contributed by atoms with E-state index < -0.39 is 5.97 Å². The first-order valence-corrected chi connectivity index (χ1v) is 6.07. The monoisotopic (exact) mass is 260 g/mol. The van der Waals surface area contributed by atoms with Crippen molar-refractivity contribution in [3.05, 3.63) is 0 Å². The van der Waals surface area contributed by atoms with Crippen LogP contribution in [0.2, 0.25) is 0 Å². The van der Waals surface area contributed by atoms with E-state index in [9.17, 15) is 9.59 Å². The molecule has 0 rings (SSSR count). The number of carboxylic acids is 1. The van der Waals surface area contributed by atoms with Crippen LogP contribution in [-0.4, -0.2) is 55.4 Å². The molecule has 18 heavy (non-hydrogen) atoms. The molecule has 0 unspecified atom stereocenters. The van der Waals surface area contributed by atoms with Crippen LogP contribution in [0.1, 0.15) is 27.2 Å². The van der Waals surface area contributed by atoms with Crippen LogP contribution in [0.4, 0.5) is 4.79 Å². The van der Waals surface area contributed by atoms with Gasteiger partial charge < -0.3 is 20.1 Å². The lowest BCUT2D eigenvalue weighted by atomic mass is 9.95. The summed E-state index contributed by atoms with van der Waals surface area (Å²) in [6.45, 7) is 7.84. The highest BCUT2D eigenvalue weighted by Gasteiger charge is 2.20. The summed E-state index contributed by atoms with van der Waals surface area (Å²) in [7, 11) is 1.58. The molecule has 106 valence electrons. The fraction of sp³-hybridized carbons (Fsp3) is 0.833. The fourth-order valence-electron chi connectivity index (χ4n) is 1.24. The molecule has 2 amide bonds. The topological polar surface area (TPSA) is 78.9 Å². The standard InChI is InChI=1S/C12H24N2O4/c1-5-18-9-12(2,3)8-13-11(17)14(4)7-6-10(15)16/h5-9H2,1-4H3,(H,13,17)(H,15,16). The lowest BCUT2D eigenvalue weighted by Crippen LogP contribution is -2.43. The number of carbonyl (C=O) groups is 2. The summed E-state index contributed by atoms with van der Waals surface area (Å²) < 4.78 is 5.33. The van der Waals surface area contributed by atoms with Crippen LogP contribution in [0.15, 0.2) is 0 Å². The predicted molar refractivity (Wildman–Crippen MR) is 68.6 cm³/mol. The number of carbonyl (C=O) groups excluding carboxylic acids is 1. The lowest BCUT2D eigenvalue weighted by molar-refractivity contribution is -0.137. The van der Waals surface area contributed by atoms with Gasteiger partial charge in [0.1, 0.15) is 0 Å². The van der Waals surface area contributed by atoms with E-state index in [1.807, 2.05) is 20.8 Å². The number of amides is 2. The van der Waals surface area contributed by atoms with Gasteiger partial charge in [0, 0.05) is 32.2 Å². The third-order valence-corrected chi connectivity index (χ3v) is 2.42. The number of aliphatic carboxylic acids is 1. The Morgan fingerprint density at radius 1 is 1.39 bits per heavy atom. The third-order valence-electron chi connectivity index (χ3n) is 2.42. The SMILES string of the molecule is CCOCC(C)(C)CNC(=O)N(C)CCC(=O)O. The van der Waals surface area contributed by atoms with Gasteiger partial charge in [-0.25, -0.2) is 4.79 Å². The molecule has 0 aliphatic heterocycles. The quantitative estimate of drug-likeness (QED) is 0.686. The van der Waals surface area contributed by atoms with Crippen molar-refractivity contribution in [3.63, 3.8) is 0 Å². The second kappa shape index (κ2) is 7.92.